The average molecular weight is 341 g/mol. The number of carbonyl (C=O) groups excluding carboxylic acids is 1. The predicted molar refractivity (Wildman–Crippen MR) is 88.1 cm³/mol. The molecule has 1 aromatic carbocycles. The van der Waals surface area contributed by atoms with Crippen LogP contribution in [0.3, 0.4) is 0 Å². The lowest BCUT2D eigenvalue weighted by Gasteiger charge is -2.41. The summed E-state index contributed by atoms with van der Waals surface area (Å²) in [6.07, 6.45) is 2.62. The van der Waals surface area contributed by atoms with Crippen LogP contribution in [-0.2, 0) is 9.59 Å². The standard InChI is InChI=1S/C16H21ClN2O4/c1-23-13-4-3-11(17)9-12(13)18-8-5-14(20)19-16(6-2-7-16)10-15(21)22/h3-4,9,18H,2,5-8,10H2,1H3,(H,19,20)(H,21,22). The van der Waals surface area contributed by atoms with Crippen LogP contribution in [0.4, 0.5) is 5.69 Å². The molecule has 0 saturated heterocycles. The van der Waals surface area contributed by atoms with Gasteiger partial charge in [-0.1, -0.05) is 11.6 Å². The molecule has 126 valence electrons. The molecule has 2 rings (SSSR count). The Kier molecular flexibility index (Phi) is 5.71. The second kappa shape index (κ2) is 7.55. The van der Waals surface area contributed by atoms with E-state index in [9.17, 15) is 9.59 Å². The highest BCUT2D eigenvalue weighted by Gasteiger charge is 2.40. The SMILES string of the molecule is COc1ccc(Cl)cc1NCCC(=O)NC1(CC(=O)O)CCC1. The first-order chi connectivity index (χ1) is 10.9. The van der Waals surface area contributed by atoms with Gasteiger partial charge in [0.15, 0.2) is 0 Å². The zero-order chi connectivity index (χ0) is 16.9. The van der Waals surface area contributed by atoms with Gasteiger partial charge in [0.05, 0.1) is 24.8 Å². The molecule has 0 spiro atoms. The van der Waals surface area contributed by atoms with E-state index >= 15 is 0 Å². The van der Waals surface area contributed by atoms with Crippen LogP contribution in [0.1, 0.15) is 32.1 Å². The first-order valence-electron chi connectivity index (χ1n) is 7.54. The number of hydrogen-bond acceptors (Lipinski definition) is 4. The van der Waals surface area contributed by atoms with Gasteiger partial charge in [-0.2, -0.15) is 0 Å². The number of methoxy groups -OCH3 is 1. The third-order valence-corrected chi connectivity index (χ3v) is 4.27. The number of benzene rings is 1. The van der Waals surface area contributed by atoms with Crippen LogP contribution in [0.25, 0.3) is 0 Å². The van der Waals surface area contributed by atoms with E-state index < -0.39 is 11.5 Å². The summed E-state index contributed by atoms with van der Waals surface area (Å²) in [5.74, 6) is -0.387. The summed E-state index contributed by atoms with van der Waals surface area (Å²) in [6.45, 7) is 0.408. The second-order valence-electron chi connectivity index (χ2n) is 5.77. The number of carboxylic acids is 1. The quantitative estimate of drug-likeness (QED) is 0.677. The summed E-state index contributed by atoms with van der Waals surface area (Å²) in [6, 6.07) is 5.21. The first-order valence-corrected chi connectivity index (χ1v) is 7.92. The number of halogens is 1. The van der Waals surface area contributed by atoms with Gasteiger partial charge < -0.3 is 20.5 Å². The van der Waals surface area contributed by atoms with Crippen LogP contribution in [0.15, 0.2) is 18.2 Å². The van der Waals surface area contributed by atoms with Gasteiger partial charge in [0.1, 0.15) is 5.75 Å². The highest BCUT2D eigenvalue weighted by Crippen LogP contribution is 2.35. The lowest BCUT2D eigenvalue weighted by atomic mass is 9.74. The number of aliphatic carboxylic acids is 1. The Labute approximate surface area is 140 Å². The maximum atomic E-state index is 12.0. The Balaban J connectivity index is 1.83. The van der Waals surface area contributed by atoms with Gasteiger partial charge >= 0.3 is 5.97 Å². The van der Waals surface area contributed by atoms with Crippen molar-refractivity contribution < 1.29 is 19.4 Å². The van der Waals surface area contributed by atoms with Crippen LogP contribution in [0, 0.1) is 0 Å². The molecule has 0 atom stereocenters. The van der Waals surface area contributed by atoms with Crippen molar-refractivity contribution in [2.24, 2.45) is 0 Å². The average Bonchev–Trinajstić information content (AvgIpc) is 2.44. The van der Waals surface area contributed by atoms with Gasteiger partial charge in [0.25, 0.3) is 0 Å². The van der Waals surface area contributed by atoms with Crippen molar-refractivity contribution in [2.45, 2.75) is 37.6 Å². The van der Waals surface area contributed by atoms with E-state index in [-0.39, 0.29) is 18.7 Å². The zero-order valence-electron chi connectivity index (χ0n) is 13.0. The fraction of sp³-hybridized carbons (Fsp3) is 0.500. The molecule has 1 saturated carbocycles. The minimum Gasteiger partial charge on any atom is -0.495 e. The van der Waals surface area contributed by atoms with Gasteiger partial charge in [0.2, 0.25) is 5.91 Å². The Morgan fingerprint density at radius 2 is 2.13 bits per heavy atom. The molecule has 0 heterocycles. The molecule has 0 radical (unpaired) electrons. The maximum absolute atomic E-state index is 12.0. The number of anilines is 1. The maximum Gasteiger partial charge on any atom is 0.305 e. The molecule has 1 aromatic rings. The molecule has 1 aliphatic carbocycles. The fourth-order valence-electron chi connectivity index (χ4n) is 2.73. The molecule has 0 aromatic heterocycles. The Morgan fingerprint density at radius 1 is 1.39 bits per heavy atom. The molecule has 0 unspecified atom stereocenters. The van der Waals surface area contributed by atoms with Crippen LogP contribution in [0.5, 0.6) is 5.75 Å². The topological polar surface area (TPSA) is 87.7 Å². The van der Waals surface area contributed by atoms with Crippen molar-refractivity contribution in [3.63, 3.8) is 0 Å². The van der Waals surface area contributed by atoms with E-state index in [0.717, 1.165) is 24.9 Å². The van der Waals surface area contributed by atoms with Crippen LogP contribution < -0.4 is 15.4 Å². The van der Waals surface area contributed by atoms with E-state index in [0.29, 0.717) is 17.3 Å². The van der Waals surface area contributed by atoms with Crippen LogP contribution in [0.2, 0.25) is 5.02 Å². The Bertz CT molecular complexity index is 587. The van der Waals surface area contributed by atoms with E-state index in [4.69, 9.17) is 21.4 Å². The van der Waals surface area contributed by atoms with Crippen molar-refractivity contribution in [3.8, 4) is 5.75 Å². The summed E-state index contributed by atoms with van der Waals surface area (Å²) in [4.78, 5) is 22.9. The Hall–Kier alpha value is -1.95. The molecule has 23 heavy (non-hydrogen) atoms. The highest BCUT2D eigenvalue weighted by molar-refractivity contribution is 6.30. The minimum atomic E-state index is -0.883. The van der Waals surface area contributed by atoms with Crippen molar-refractivity contribution in [1.82, 2.24) is 5.32 Å². The lowest BCUT2D eigenvalue weighted by molar-refractivity contribution is -0.140. The highest BCUT2D eigenvalue weighted by atomic mass is 35.5. The molecule has 0 bridgehead atoms. The largest absolute Gasteiger partial charge is 0.495 e. The van der Waals surface area contributed by atoms with Crippen LogP contribution >= 0.6 is 11.6 Å². The lowest BCUT2D eigenvalue weighted by Crippen LogP contribution is -2.54. The number of ether oxygens (including phenoxy) is 1. The second-order valence-corrected chi connectivity index (χ2v) is 6.21. The molecular weight excluding hydrogens is 320 g/mol. The minimum absolute atomic E-state index is 0.0196. The zero-order valence-corrected chi connectivity index (χ0v) is 13.8. The number of carbonyl (C=O) groups is 2. The van der Waals surface area contributed by atoms with Gasteiger partial charge in [-0.25, -0.2) is 0 Å². The fourth-order valence-corrected chi connectivity index (χ4v) is 2.90. The van der Waals surface area contributed by atoms with E-state index in [1.807, 2.05) is 0 Å². The molecule has 0 aliphatic heterocycles. The first kappa shape index (κ1) is 17.4. The van der Waals surface area contributed by atoms with E-state index in [1.54, 1.807) is 25.3 Å². The van der Waals surface area contributed by atoms with E-state index in [1.165, 1.54) is 0 Å². The van der Waals surface area contributed by atoms with Crippen LogP contribution in [-0.4, -0.2) is 36.2 Å². The van der Waals surface area contributed by atoms with Crippen molar-refractivity contribution in [3.05, 3.63) is 23.2 Å². The third-order valence-electron chi connectivity index (χ3n) is 4.03. The van der Waals surface area contributed by atoms with Crippen molar-refractivity contribution in [1.29, 1.82) is 0 Å². The third kappa shape index (κ3) is 4.76. The van der Waals surface area contributed by atoms with Gasteiger partial charge in [0, 0.05) is 18.0 Å². The predicted octanol–water partition coefficient (Wildman–Crippen LogP) is 2.66. The molecular formula is C16H21ClN2O4. The smallest absolute Gasteiger partial charge is 0.305 e. The number of amides is 1. The van der Waals surface area contributed by atoms with Gasteiger partial charge in [-0.15, -0.1) is 0 Å². The molecule has 7 heteroatoms. The normalized spacial score (nSPS) is 15.4. The summed E-state index contributed by atoms with van der Waals surface area (Å²) < 4.78 is 5.22. The molecule has 1 fully saturated rings. The monoisotopic (exact) mass is 340 g/mol. The van der Waals surface area contributed by atoms with Crippen molar-refractivity contribution >= 4 is 29.2 Å². The number of carboxylic acid groups (broad SMARTS) is 1. The summed E-state index contributed by atoms with van der Waals surface area (Å²) in [7, 11) is 1.56. The number of hydrogen-bond donors (Lipinski definition) is 3. The molecule has 1 aliphatic rings. The number of rotatable bonds is 8. The Morgan fingerprint density at radius 3 is 2.70 bits per heavy atom. The van der Waals surface area contributed by atoms with E-state index in [2.05, 4.69) is 10.6 Å². The summed E-state index contributed by atoms with van der Waals surface area (Å²) >= 11 is 5.95. The summed E-state index contributed by atoms with van der Waals surface area (Å²) in [5.41, 5.74) is 0.160. The number of nitrogens with one attached hydrogen (secondary N) is 2. The molecule has 3 N–H and O–H groups in total. The molecule has 1 amide bonds. The van der Waals surface area contributed by atoms with Gasteiger partial charge in [-0.3, -0.25) is 9.59 Å². The molecule has 6 nitrogen and oxygen atoms in total. The van der Waals surface area contributed by atoms with Crippen molar-refractivity contribution in [2.75, 3.05) is 19.0 Å². The van der Waals surface area contributed by atoms with Gasteiger partial charge in [-0.05, 0) is 37.5 Å². The summed E-state index contributed by atoms with van der Waals surface area (Å²) in [5, 5.41) is 15.5.